The lowest BCUT2D eigenvalue weighted by Gasteiger charge is -2.30. The number of nitrogens with zero attached hydrogens (tertiary/aromatic N) is 1. The second-order valence-corrected chi connectivity index (χ2v) is 7.44. The molecule has 0 aliphatic carbocycles. The first-order chi connectivity index (χ1) is 13.2. The Hall–Kier alpha value is -2.82. The Kier molecular flexibility index (Phi) is 5.10. The first-order valence-corrected chi connectivity index (χ1v) is 9.66. The quantitative estimate of drug-likeness (QED) is 0.880. The molecule has 2 heterocycles. The fourth-order valence-corrected chi connectivity index (χ4v) is 4.08. The SMILES string of the molecule is O=C1N[C@H]2CCC[C@@H]1CN(C(=O)NC(c1ccccc1)c1ccccc1)C2. The van der Waals surface area contributed by atoms with Gasteiger partial charge < -0.3 is 15.5 Å². The molecule has 0 saturated carbocycles. The van der Waals surface area contributed by atoms with Crippen molar-refractivity contribution in [1.82, 2.24) is 15.5 Å². The van der Waals surface area contributed by atoms with E-state index in [1.54, 1.807) is 0 Å². The van der Waals surface area contributed by atoms with Crippen molar-refractivity contribution in [1.29, 1.82) is 0 Å². The van der Waals surface area contributed by atoms with Gasteiger partial charge in [-0.2, -0.15) is 0 Å². The standard InChI is InChI=1S/C22H25N3O2/c26-21-18-12-7-13-19(23-21)15-25(14-18)22(27)24-20(16-8-3-1-4-9-16)17-10-5-2-6-11-17/h1-6,8-11,18-20H,7,12-15H2,(H,23,26)(H,24,27)/t18-,19+/m1/s1. The normalized spacial score (nSPS) is 22.1. The Bertz CT molecular complexity index is 754. The number of likely N-dealkylation sites (tertiary alicyclic amines) is 1. The van der Waals surface area contributed by atoms with Crippen molar-refractivity contribution in [2.45, 2.75) is 31.3 Å². The smallest absolute Gasteiger partial charge is 0.318 e. The lowest BCUT2D eigenvalue weighted by atomic mass is 9.98. The second-order valence-electron chi connectivity index (χ2n) is 7.44. The number of benzene rings is 2. The Balaban J connectivity index is 1.56. The van der Waals surface area contributed by atoms with Gasteiger partial charge >= 0.3 is 6.03 Å². The van der Waals surface area contributed by atoms with Gasteiger partial charge in [0.15, 0.2) is 0 Å². The summed E-state index contributed by atoms with van der Waals surface area (Å²) in [5, 5.41) is 6.28. The van der Waals surface area contributed by atoms with Crippen LogP contribution in [0.3, 0.4) is 0 Å². The van der Waals surface area contributed by atoms with Crippen LogP contribution >= 0.6 is 0 Å². The van der Waals surface area contributed by atoms with Crippen LogP contribution in [0.15, 0.2) is 60.7 Å². The molecule has 0 aromatic heterocycles. The number of carbonyl (C=O) groups excluding carboxylic acids is 2. The van der Waals surface area contributed by atoms with Crippen LogP contribution in [-0.4, -0.2) is 36.0 Å². The van der Waals surface area contributed by atoms with Gasteiger partial charge in [-0.05, 0) is 24.0 Å². The molecule has 5 heteroatoms. The van der Waals surface area contributed by atoms with Crippen molar-refractivity contribution in [3.05, 3.63) is 71.8 Å². The molecule has 2 saturated heterocycles. The van der Waals surface area contributed by atoms with Gasteiger partial charge in [-0.15, -0.1) is 0 Å². The maximum Gasteiger partial charge on any atom is 0.318 e. The highest BCUT2D eigenvalue weighted by Gasteiger charge is 2.35. The van der Waals surface area contributed by atoms with Crippen LogP contribution in [0.1, 0.15) is 36.4 Å². The van der Waals surface area contributed by atoms with Gasteiger partial charge in [0.05, 0.1) is 12.0 Å². The van der Waals surface area contributed by atoms with E-state index < -0.39 is 0 Å². The summed E-state index contributed by atoms with van der Waals surface area (Å²) >= 11 is 0. The van der Waals surface area contributed by atoms with E-state index in [-0.39, 0.29) is 29.9 Å². The number of urea groups is 1. The molecule has 27 heavy (non-hydrogen) atoms. The zero-order valence-electron chi connectivity index (χ0n) is 15.3. The molecule has 2 aromatic carbocycles. The highest BCUT2D eigenvalue weighted by Crippen LogP contribution is 2.25. The van der Waals surface area contributed by atoms with E-state index >= 15 is 0 Å². The first-order valence-electron chi connectivity index (χ1n) is 9.66. The van der Waals surface area contributed by atoms with Crippen molar-refractivity contribution in [3.63, 3.8) is 0 Å². The average molecular weight is 363 g/mol. The van der Waals surface area contributed by atoms with Crippen LogP contribution in [-0.2, 0) is 4.79 Å². The van der Waals surface area contributed by atoms with E-state index in [9.17, 15) is 9.59 Å². The van der Waals surface area contributed by atoms with E-state index in [2.05, 4.69) is 10.6 Å². The number of nitrogens with one attached hydrogen (secondary N) is 2. The molecule has 4 rings (SSSR count). The van der Waals surface area contributed by atoms with Crippen molar-refractivity contribution in [2.24, 2.45) is 5.92 Å². The van der Waals surface area contributed by atoms with Crippen molar-refractivity contribution in [2.75, 3.05) is 13.1 Å². The Morgan fingerprint density at radius 1 is 0.963 bits per heavy atom. The number of amides is 3. The Labute approximate surface area is 159 Å². The van der Waals surface area contributed by atoms with Crippen LogP contribution in [0.4, 0.5) is 4.79 Å². The largest absolute Gasteiger partial charge is 0.351 e. The molecule has 2 aliphatic heterocycles. The minimum Gasteiger partial charge on any atom is -0.351 e. The summed E-state index contributed by atoms with van der Waals surface area (Å²) in [6, 6.07) is 19.7. The van der Waals surface area contributed by atoms with Crippen LogP contribution in [0.5, 0.6) is 0 Å². The highest BCUT2D eigenvalue weighted by molar-refractivity contribution is 5.82. The molecular weight excluding hydrogens is 338 g/mol. The predicted molar refractivity (Wildman–Crippen MR) is 104 cm³/mol. The number of rotatable bonds is 3. The third-order valence-electron chi connectivity index (χ3n) is 5.52. The lowest BCUT2D eigenvalue weighted by molar-refractivity contribution is -0.124. The summed E-state index contributed by atoms with van der Waals surface area (Å²) in [5.74, 6) is -0.00869. The number of fused-ring (bicyclic) bond motifs is 3. The molecule has 3 amide bonds. The molecule has 0 unspecified atom stereocenters. The minimum absolute atomic E-state index is 0.0580. The van der Waals surface area contributed by atoms with Crippen LogP contribution in [0, 0.1) is 5.92 Å². The maximum atomic E-state index is 13.1. The zero-order chi connectivity index (χ0) is 18.6. The molecular formula is C22H25N3O2. The van der Waals surface area contributed by atoms with Crippen molar-refractivity contribution in [3.8, 4) is 0 Å². The van der Waals surface area contributed by atoms with Gasteiger partial charge in [-0.3, -0.25) is 4.79 Å². The third kappa shape index (κ3) is 3.97. The fourth-order valence-electron chi connectivity index (χ4n) is 4.08. The number of hydrogen-bond acceptors (Lipinski definition) is 2. The highest BCUT2D eigenvalue weighted by atomic mass is 16.2. The van der Waals surface area contributed by atoms with Gasteiger partial charge in [0, 0.05) is 19.1 Å². The summed E-state index contributed by atoms with van der Waals surface area (Å²) in [7, 11) is 0. The minimum atomic E-state index is -0.216. The summed E-state index contributed by atoms with van der Waals surface area (Å²) in [6.45, 7) is 1.06. The summed E-state index contributed by atoms with van der Waals surface area (Å²) in [4.78, 5) is 27.2. The van der Waals surface area contributed by atoms with E-state index in [1.165, 1.54) is 0 Å². The number of carbonyl (C=O) groups is 2. The molecule has 2 bridgehead atoms. The van der Waals surface area contributed by atoms with Gasteiger partial charge in [-0.1, -0.05) is 67.1 Å². The molecule has 5 nitrogen and oxygen atoms in total. The van der Waals surface area contributed by atoms with Crippen LogP contribution in [0.2, 0.25) is 0 Å². The Morgan fingerprint density at radius 3 is 2.22 bits per heavy atom. The van der Waals surface area contributed by atoms with E-state index in [4.69, 9.17) is 0 Å². The fraction of sp³-hybridized carbons (Fsp3) is 0.364. The van der Waals surface area contributed by atoms with Gasteiger partial charge in [0.25, 0.3) is 0 Å². The van der Waals surface area contributed by atoms with E-state index in [0.29, 0.717) is 13.1 Å². The molecule has 0 radical (unpaired) electrons. The van der Waals surface area contributed by atoms with Crippen LogP contribution < -0.4 is 10.6 Å². The first kappa shape index (κ1) is 17.6. The molecule has 2 atom stereocenters. The zero-order valence-corrected chi connectivity index (χ0v) is 15.3. The maximum absolute atomic E-state index is 13.1. The van der Waals surface area contributed by atoms with Crippen molar-refractivity contribution < 1.29 is 9.59 Å². The average Bonchev–Trinajstić information content (AvgIpc) is 2.96. The monoisotopic (exact) mass is 363 g/mol. The van der Waals surface area contributed by atoms with E-state index in [0.717, 1.165) is 30.4 Å². The summed E-state index contributed by atoms with van der Waals surface area (Å²) in [6.07, 6.45) is 2.83. The topological polar surface area (TPSA) is 61.4 Å². The van der Waals surface area contributed by atoms with Crippen molar-refractivity contribution >= 4 is 11.9 Å². The molecule has 2 N–H and O–H groups in total. The second kappa shape index (κ2) is 7.82. The Morgan fingerprint density at radius 2 is 1.59 bits per heavy atom. The lowest BCUT2D eigenvalue weighted by Crippen LogP contribution is -2.47. The van der Waals surface area contributed by atoms with Crippen LogP contribution in [0.25, 0.3) is 0 Å². The predicted octanol–water partition coefficient (Wildman–Crippen LogP) is 3.09. The van der Waals surface area contributed by atoms with E-state index in [1.807, 2.05) is 65.6 Å². The summed E-state index contributed by atoms with van der Waals surface area (Å²) in [5.41, 5.74) is 2.09. The molecule has 2 aromatic rings. The van der Waals surface area contributed by atoms with Gasteiger partial charge in [-0.25, -0.2) is 4.79 Å². The number of hydrogen-bond donors (Lipinski definition) is 2. The molecule has 140 valence electrons. The molecule has 0 spiro atoms. The summed E-state index contributed by atoms with van der Waals surface area (Å²) < 4.78 is 0. The molecule has 2 fully saturated rings. The van der Waals surface area contributed by atoms with Gasteiger partial charge in [0.1, 0.15) is 0 Å². The van der Waals surface area contributed by atoms with Gasteiger partial charge in [0.2, 0.25) is 5.91 Å². The third-order valence-corrected chi connectivity index (χ3v) is 5.52. The molecule has 2 aliphatic rings.